The van der Waals surface area contributed by atoms with Gasteiger partial charge in [-0.05, 0) is 45.4 Å². The average Bonchev–Trinajstić information content (AvgIpc) is 3.01. The van der Waals surface area contributed by atoms with E-state index in [1.807, 2.05) is 24.8 Å². The molecule has 3 rings (SSSR count). The number of hydrogen-bond donors (Lipinski definition) is 0. The number of amides is 1. The number of piperazine rings is 1. The van der Waals surface area contributed by atoms with Gasteiger partial charge in [-0.15, -0.1) is 0 Å². The summed E-state index contributed by atoms with van der Waals surface area (Å²) in [7, 11) is 2.14. The topological polar surface area (TPSA) is 39.7 Å². The number of hydrogen-bond acceptors (Lipinski definition) is 4. The zero-order valence-corrected chi connectivity index (χ0v) is 13.9. The first-order valence-electron chi connectivity index (χ1n) is 8.27. The standard InChI is InChI=1S/C17H26N4O/c1-13-12-14(2)18-16(20-10-8-19(3)9-11-20)15(13)17(22)21-6-4-5-7-21/h12H,4-11H2,1-3H3. The molecule has 0 atom stereocenters. The number of carbonyl (C=O) groups excluding carboxylic acids is 1. The van der Waals surface area contributed by atoms with Crippen LogP contribution >= 0.6 is 0 Å². The van der Waals surface area contributed by atoms with Gasteiger partial charge in [-0.25, -0.2) is 4.98 Å². The maximum absolute atomic E-state index is 13.0. The van der Waals surface area contributed by atoms with Crippen LogP contribution in [0, 0.1) is 13.8 Å². The highest BCUT2D eigenvalue weighted by molar-refractivity contribution is 6.00. The molecule has 0 radical (unpaired) electrons. The molecule has 2 fully saturated rings. The zero-order valence-electron chi connectivity index (χ0n) is 13.9. The number of carbonyl (C=O) groups is 1. The summed E-state index contributed by atoms with van der Waals surface area (Å²) in [6.45, 7) is 9.73. The predicted molar refractivity (Wildman–Crippen MR) is 88.6 cm³/mol. The molecule has 2 saturated heterocycles. The van der Waals surface area contributed by atoms with E-state index in [-0.39, 0.29) is 5.91 Å². The third kappa shape index (κ3) is 2.95. The molecule has 0 saturated carbocycles. The van der Waals surface area contributed by atoms with Crippen LogP contribution in [-0.2, 0) is 0 Å². The van der Waals surface area contributed by atoms with Crippen molar-refractivity contribution in [2.45, 2.75) is 26.7 Å². The molecule has 0 bridgehead atoms. The molecule has 0 N–H and O–H groups in total. The fourth-order valence-corrected chi connectivity index (χ4v) is 3.41. The summed E-state index contributed by atoms with van der Waals surface area (Å²) in [5.41, 5.74) is 2.86. The summed E-state index contributed by atoms with van der Waals surface area (Å²) < 4.78 is 0. The molecule has 0 aliphatic carbocycles. The number of rotatable bonds is 2. The van der Waals surface area contributed by atoms with E-state index in [0.29, 0.717) is 0 Å². The van der Waals surface area contributed by atoms with Gasteiger partial charge < -0.3 is 14.7 Å². The van der Waals surface area contributed by atoms with Crippen molar-refractivity contribution in [3.05, 3.63) is 22.9 Å². The summed E-state index contributed by atoms with van der Waals surface area (Å²) >= 11 is 0. The highest BCUT2D eigenvalue weighted by Gasteiger charge is 2.28. The number of pyridine rings is 1. The van der Waals surface area contributed by atoms with E-state index < -0.39 is 0 Å². The van der Waals surface area contributed by atoms with Crippen LogP contribution in [-0.4, -0.2) is 67.0 Å². The van der Waals surface area contributed by atoms with Crippen molar-refractivity contribution in [3.63, 3.8) is 0 Å². The quantitative estimate of drug-likeness (QED) is 0.833. The highest BCUT2D eigenvalue weighted by Crippen LogP contribution is 2.26. The van der Waals surface area contributed by atoms with Gasteiger partial charge in [-0.3, -0.25) is 4.79 Å². The fourth-order valence-electron chi connectivity index (χ4n) is 3.41. The van der Waals surface area contributed by atoms with E-state index in [2.05, 4.69) is 16.8 Å². The van der Waals surface area contributed by atoms with Crippen LogP contribution < -0.4 is 4.90 Å². The van der Waals surface area contributed by atoms with Crippen molar-refractivity contribution in [2.75, 3.05) is 51.2 Å². The van der Waals surface area contributed by atoms with E-state index >= 15 is 0 Å². The minimum absolute atomic E-state index is 0.163. The van der Waals surface area contributed by atoms with Gasteiger partial charge in [-0.1, -0.05) is 0 Å². The van der Waals surface area contributed by atoms with Crippen molar-refractivity contribution in [1.82, 2.24) is 14.8 Å². The lowest BCUT2D eigenvalue weighted by atomic mass is 10.1. The minimum atomic E-state index is 0.163. The van der Waals surface area contributed by atoms with Gasteiger partial charge >= 0.3 is 0 Å². The molecule has 3 heterocycles. The largest absolute Gasteiger partial charge is 0.353 e. The van der Waals surface area contributed by atoms with E-state index in [4.69, 9.17) is 4.98 Å². The number of aromatic nitrogens is 1. The molecule has 1 aromatic heterocycles. The maximum atomic E-state index is 13.0. The summed E-state index contributed by atoms with van der Waals surface area (Å²) in [5.74, 6) is 1.05. The minimum Gasteiger partial charge on any atom is -0.353 e. The number of likely N-dealkylation sites (tertiary alicyclic amines) is 1. The van der Waals surface area contributed by atoms with E-state index in [0.717, 1.165) is 74.7 Å². The average molecular weight is 302 g/mol. The Balaban J connectivity index is 1.95. The number of aryl methyl sites for hydroxylation is 2. The first-order chi connectivity index (χ1) is 10.6. The molecular weight excluding hydrogens is 276 g/mol. The third-order valence-corrected chi connectivity index (χ3v) is 4.74. The number of nitrogens with zero attached hydrogens (tertiary/aromatic N) is 4. The second-order valence-corrected chi connectivity index (χ2v) is 6.57. The monoisotopic (exact) mass is 302 g/mol. The highest BCUT2D eigenvalue weighted by atomic mass is 16.2. The van der Waals surface area contributed by atoms with Gasteiger partial charge in [0.2, 0.25) is 0 Å². The van der Waals surface area contributed by atoms with Crippen LogP contribution in [0.4, 0.5) is 5.82 Å². The maximum Gasteiger partial charge on any atom is 0.257 e. The lowest BCUT2D eigenvalue weighted by molar-refractivity contribution is 0.0792. The Labute approximate surface area is 132 Å². The van der Waals surface area contributed by atoms with E-state index in [1.54, 1.807) is 0 Å². The van der Waals surface area contributed by atoms with Gasteiger partial charge in [0.1, 0.15) is 5.82 Å². The predicted octanol–water partition coefficient (Wildman–Crippen LogP) is 1.69. The molecule has 0 unspecified atom stereocenters. The Morgan fingerprint density at radius 2 is 1.68 bits per heavy atom. The van der Waals surface area contributed by atoms with Crippen LogP contribution in [0.25, 0.3) is 0 Å². The van der Waals surface area contributed by atoms with Gasteiger partial charge in [0, 0.05) is 45.0 Å². The van der Waals surface area contributed by atoms with Crippen LogP contribution in [0.5, 0.6) is 0 Å². The molecule has 0 spiro atoms. The molecule has 120 valence electrons. The molecule has 22 heavy (non-hydrogen) atoms. The fraction of sp³-hybridized carbons (Fsp3) is 0.647. The molecule has 5 nitrogen and oxygen atoms in total. The van der Waals surface area contributed by atoms with E-state index in [1.165, 1.54) is 0 Å². The zero-order chi connectivity index (χ0) is 15.7. The summed E-state index contributed by atoms with van der Waals surface area (Å²) in [5, 5.41) is 0. The smallest absolute Gasteiger partial charge is 0.257 e. The van der Waals surface area contributed by atoms with Gasteiger partial charge in [0.15, 0.2) is 0 Å². The molecule has 1 aromatic rings. The second-order valence-electron chi connectivity index (χ2n) is 6.57. The molecule has 2 aliphatic heterocycles. The molecule has 1 amide bonds. The Kier molecular flexibility index (Phi) is 4.34. The summed E-state index contributed by atoms with van der Waals surface area (Å²) in [4.78, 5) is 24.3. The van der Waals surface area contributed by atoms with Crippen molar-refractivity contribution >= 4 is 11.7 Å². The lowest BCUT2D eigenvalue weighted by Crippen LogP contribution is -2.46. The van der Waals surface area contributed by atoms with Crippen molar-refractivity contribution in [2.24, 2.45) is 0 Å². The summed E-state index contributed by atoms with van der Waals surface area (Å²) in [6.07, 6.45) is 2.24. The molecule has 5 heteroatoms. The molecular formula is C17H26N4O. The Morgan fingerprint density at radius 3 is 2.32 bits per heavy atom. The van der Waals surface area contributed by atoms with Gasteiger partial charge in [0.05, 0.1) is 5.56 Å². The van der Waals surface area contributed by atoms with Gasteiger partial charge in [0.25, 0.3) is 5.91 Å². The second kappa shape index (κ2) is 6.24. The Morgan fingerprint density at radius 1 is 1.05 bits per heavy atom. The SMILES string of the molecule is Cc1cc(C)c(C(=O)N2CCCC2)c(N2CCN(C)CC2)n1. The Bertz CT molecular complexity index is 558. The van der Waals surface area contributed by atoms with Gasteiger partial charge in [-0.2, -0.15) is 0 Å². The van der Waals surface area contributed by atoms with Crippen molar-refractivity contribution in [3.8, 4) is 0 Å². The Hall–Kier alpha value is -1.62. The first kappa shape index (κ1) is 15.3. The normalized spacial score (nSPS) is 19.8. The lowest BCUT2D eigenvalue weighted by Gasteiger charge is -2.35. The number of likely N-dealkylation sites (N-methyl/N-ethyl adjacent to an activating group) is 1. The van der Waals surface area contributed by atoms with Crippen molar-refractivity contribution < 1.29 is 4.79 Å². The van der Waals surface area contributed by atoms with Crippen LogP contribution in [0.3, 0.4) is 0 Å². The van der Waals surface area contributed by atoms with Crippen molar-refractivity contribution in [1.29, 1.82) is 0 Å². The summed E-state index contributed by atoms with van der Waals surface area (Å²) in [6, 6.07) is 2.03. The third-order valence-electron chi connectivity index (χ3n) is 4.74. The molecule has 2 aliphatic rings. The van der Waals surface area contributed by atoms with Crippen LogP contribution in [0.1, 0.15) is 34.5 Å². The first-order valence-corrected chi connectivity index (χ1v) is 8.27. The van der Waals surface area contributed by atoms with E-state index in [9.17, 15) is 4.79 Å². The van der Waals surface area contributed by atoms with Crippen LogP contribution in [0.15, 0.2) is 6.07 Å². The number of anilines is 1. The van der Waals surface area contributed by atoms with Crippen LogP contribution in [0.2, 0.25) is 0 Å². The molecule has 0 aromatic carbocycles.